The van der Waals surface area contributed by atoms with Gasteiger partial charge in [-0.1, -0.05) is 12.1 Å². The molecule has 2 saturated heterocycles. The number of carboxylic acid groups (broad SMARTS) is 2. The van der Waals surface area contributed by atoms with Gasteiger partial charge in [-0.2, -0.15) is 0 Å². The molecule has 7 rings (SSSR count). The molecule has 2 amide bonds. The van der Waals surface area contributed by atoms with E-state index in [1.54, 1.807) is 38.3 Å². The molecule has 0 radical (unpaired) electrons. The largest absolute Gasteiger partial charge is 0.507 e. The van der Waals surface area contributed by atoms with Crippen molar-refractivity contribution >= 4 is 68.9 Å². The number of hydrogen-bond acceptors (Lipinski definition) is 12. The fourth-order valence-corrected chi connectivity index (χ4v) is 10.3. The maximum absolute atomic E-state index is 15.6. The Morgan fingerprint density at radius 2 is 1.84 bits per heavy atom. The third kappa shape index (κ3) is 7.71. The Morgan fingerprint density at radius 1 is 1.07 bits per heavy atom. The van der Waals surface area contributed by atoms with Gasteiger partial charge < -0.3 is 39.7 Å². The number of ether oxygens (including phenoxy) is 1. The highest BCUT2D eigenvalue weighted by atomic mass is 32.2. The van der Waals surface area contributed by atoms with Crippen LogP contribution in [0, 0.1) is 5.82 Å². The lowest BCUT2D eigenvalue weighted by Gasteiger charge is -2.38. The van der Waals surface area contributed by atoms with E-state index in [9.17, 15) is 39.3 Å². The molecule has 5 heterocycles. The molecule has 0 aliphatic carbocycles. The quantitative estimate of drug-likeness (QED) is 0.196. The number of carbonyl (C=O) groups excluding carboxylic acids is 2. The normalized spacial score (nSPS) is 22.4. The van der Waals surface area contributed by atoms with Gasteiger partial charge in [0.1, 0.15) is 34.7 Å². The predicted octanol–water partition coefficient (Wildman–Crippen LogP) is 2.82. The molecule has 0 spiro atoms. The number of hydrogen-bond donors (Lipinski definition) is 4. The minimum absolute atomic E-state index is 0.0107. The number of benzene rings is 2. The third-order valence-electron chi connectivity index (χ3n) is 10.4. The lowest BCUT2D eigenvalue weighted by Crippen LogP contribution is -2.49. The Labute approximate surface area is 323 Å². The molecule has 55 heavy (non-hydrogen) atoms. The Balaban J connectivity index is 0.893. The van der Waals surface area contributed by atoms with Gasteiger partial charge in [-0.05, 0) is 31.5 Å². The fourth-order valence-electron chi connectivity index (χ4n) is 7.52. The highest BCUT2D eigenvalue weighted by Gasteiger charge is 2.43. The van der Waals surface area contributed by atoms with Crippen LogP contribution >= 0.6 is 23.5 Å². The number of piperazine rings is 1. The highest BCUT2D eigenvalue weighted by Crippen LogP contribution is 2.42. The molecule has 4 aliphatic rings. The number of rotatable bonds is 12. The number of nitrogens with one attached hydrogen (secondary N) is 1. The van der Waals surface area contributed by atoms with Gasteiger partial charge in [0.2, 0.25) is 17.2 Å². The molecule has 15 nitrogen and oxygen atoms in total. The van der Waals surface area contributed by atoms with E-state index >= 15 is 4.39 Å². The van der Waals surface area contributed by atoms with E-state index in [4.69, 9.17) is 9.73 Å². The van der Waals surface area contributed by atoms with Crippen LogP contribution in [-0.2, 0) is 14.4 Å². The molecule has 4 atom stereocenters. The first-order chi connectivity index (χ1) is 26.4. The highest BCUT2D eigenvalue weighted by molar-refractivity contribution is 8.14. The van der Waals surface area contributed by atoms with Crippen LogP contribution in [0.2, 0.25) is 0 Å². The fraction of sp³-hybridized carbons (Fsp3) is 0.459. The number of para-hydroxylation sites is 1. The Hall–Kier alpha value is -4.81. The number of amides is 2. The summed E-state index contributed by atoms with van der Waals surface area (Å²) >= 11 is 3.09. The van der Waals surface area contributed by atoms with E-state index in [0.717, 1.165) is 11.1 Å². The lowest BCUT2D eigenvalue weighted by molar-refractivity contribution is -0.142. The Bertz CT molecular complexity index is 2120. The molecular formula is C37H41FN6O9S2. The number of anilines is 1. The maximum Gasteiger partial charge on any atom is 0.341 e. The van der Waals surface area contributed by atoms with E-state index in [1.807, 2.05) is 24.0 Å². The topological polar surface area (TPSA) is 194 Å². The Kier molecular flexibility index (Phi) is 11.3. The molecule has 3 aromatic rings. The van der Waals surface area contributed by atoms with Crippen LogP contribution in [0.25, 0.3) is 10.9 Å². The van der Waals surface area contributed by atoms with E-state index in [-0.39, 0.29) is 97.5 Å². The van der Waals surface area contributed by atoms with Gasteiger partial charge >= 0.3 is 11.9 Å². The molecule has 18 heteroatoms. The van der Waals surface area contributed by atoms with Crippen molar-refractivity contribution in [3.05, 3.63) is 63.7 Å². The van der Waals surface area contributed by atoms with Crippen LogP contribution in [0.4, 0.5) is 10.1 Å². The van der Waals surface area contributed by atoms with Crippen LogP contribution in [0.15, 0.2) is 46.3 Å². The van der Waals surface area contributed by atoms with E-state index < -0.39 is 34.8 Å². The summed E-state index contributed by atoms with van der Waals surface area (Å²) in [6.07, 6.45) is 1.75. The second kappa shape index (κ2) is 16.1. The van der Waals surface area contributed by atoms with Gasteiger partial charge in [-0.15, -0.1) is 23.5 Å². The summed E-state index contributed by atoms with van der Waals surface area (Å²) in [6, 6.07) is 6.94. The van der Waals surface area contributed by atoms with Crippen molar-refractivity contribution in [1.29, 1.82) is 0 Å². The first-order valence-electron chi connectivity index (χ1n) is 18.1. The van der Waals surface area contributed by atoms with Gasteiger partial charge in [0.05, 0.1) is 28.4 Å². The molecule has 2 unspecified atom stereocenters. The van der Waals surface area contributed by atoms with Crippen molar-refractivity contribution in [2.45, 2.75) is 49.7 Å². The number of aromatic carboxylic acids is 1. The van der Waals surface area contributed by atoms with Gasteiger partial charge in [0, 0.05) is 75.4 Å². The van der Waals surface area contributed by atoms with Crippen LogP contribution in [0.3, 0.4) is 0 Å². The zero-order chi connectivity index (χ0) is 39.0. The average Bonchev–Trinajstić information content (AvgIpc) is 3.82. The zero-order valence-corrected chi connectivity index (χ0v) is 31.6. The van der Waals surface area contributed by atoms with Gasteiger partial charge in [-0.25, -0.2) is 9.18 Å². The average molecular weight is 797 g/mol. The summed E-state index contributed by atoms with van der Waals surface area (Å²) < 4.78 is 23.2. The van der Waals surface area contributed by atoms with Crippen LogP contribution in [0.1, 0.15) is 48.1 Å². The number of pyridine rings is 1. The van der Waals surface area contributed by atoms with Crippen molar-refractivity contribution in [2.24, 2.45) is 4.99 Å². The molecule has 4 aliphatic heterocycles. The van der Waals surface area contributed by atoms with Crippen LogP contribution in [0.5, 0.6) is 11.5 Å². The van der Waals surface area contributed by atoms with Gasteiger partial charge in [-0.3, -0.25) is 29.1 Å². The van der Waals surface area contributed by atoms with Gasteiger partial charge in [0.25, 0.3) is 0 Å². The summed E-state index contributed by atoms with van der Waals surface area (Å²) in [7, 11) is 0. The van der Waals surface area contributed by atoms with Crippen LogP contribution in [-0.4, -0.2) is 133 Å². The van der Waals surface area contributed by atoms with Crippen molar-refractivity contribution in [2.75, 3.05) is 62.3 Å². The monoisotopic (exact) mass is 796 g/mol. The molecule has 2 fully saturated rings. The molecular weight excluding hydrogens is 756 g/mol. The number of aromatic nitrogens is 1. The first kappa shape index (κ1) is 38.5. The minimum Gasteiger partial charge on any atom is -0.507 e. The van der Waals surface area contributed by atoms with Crippen LogP contribution < -0.4 is 20.4 Å². The molecule has 0 bridgehead atoms. The SMILES string of the molecule is CC1COc2c(N3CCN(C(=O)CCC(=O)NCCCN4C([C@H]5CSC(c6ccccc6O)=N5)SC[C@H]4C(=O)O)CC3)c(F)cc3c(=O)c(C(=O)O)cn1c23. The van der Waals surface area contributed by atoms with Crippen molar-refractivity contribution in [3.63, 3.8) is 0 Å². The minimum atomic E-state index is -1.39. The summed E-state index contributed by atoms with van der Waals surface area (Å²) in [5, 5.41) is 33.1. The number of nitrogens with zero attached hydrogens (tertiary/aromatic N) is 5. The lowest BCUT2D eigenvalue weighted by atomic mass is 10.1. The second-order valence-corrected chi connectivity index (χ2v) is 16.1. The number of phenols is 1. The zero-order valence-electron chi connectivity index (χ0n) is 30.0. The number of halogens is 1. The summed E-state index contributed by atoms with van der Waals surface area (Å²) in [5.41, 5.74) is -0.0884. The standard InChI is InChI=1S/C37H41FN6O9S2/c1-20-17-53-33-30-22(32(48)23(36(49)50)16-44(20)30)15-24(38)31(33)42-13-11-41(12-14-42)29(47)8-7-28(46)39-9-4-10-43-26(37(51)52)19-55-35(43)25-18-54-34(40-25)21-5-2-3-6-27(21)45/h2-3,5-6,15-16,20,25-26,35,45H,4,7-14,17-19H2,1H3,(H,39,46)(H,49,50)(H,51,52)/t20?,25-,26+,35?/m1/s1. The number of phenolic OH excluding ortho intramolecular Hbond substituents is 1. The van der Waals surface area contributed by atoms with E-state index in [0.29, 0.717) is 42.1 Å². The summed E-state index contributed by atoms with van der Waals surface area (Å²) in [5.74, 6) is -2.12. The van der Waals surface area contributed by atoms with E-state index in [1.165, 1.54) is 18.0 Å². The van der Waals surface area contributed by atoms with Crippen molar-refractivity contribution in [3.8, 4) is 11.5 Å². The number of carboxylic acids is 2. The number of aromatic hydroxyl groups is 1. The second-order valence-electron chi connectivity index (χ2n) is 13.9. The first-order valence-corrected chi connectivity index (χ1v) is 20.1. The van der Waals surface area contributed by atoms with Gasteiger partial charge in [0.15, 0.2) is 11.6 Å². The number of carbonyl (C=O) groups is 4. The molecule has 1 aromatic heterocycles. The smallest absolute Gasteiger partial charge is 0.341 e. The number of aliphatic carboxylic acids is 1. The molecule has 0 saturated carbocycles. The summed E-state index contributed by atoms with van der Waals surface area (Å²) in [4.78, 5) is 72.7. The summed E-state index contributed by atoms with van der Waals surface area (Å²) in [6.45, 7) is 3.81. The van der Waals surface area contributed by atoms with Crippen molar-refractivity contribution in [1.82, 2.24) is 19.7 Å². The number of thioether (sulfide) groups is 2. The molecule has 292 valence electrons. The van der Waals surface area contributed by atoms with E-state index in [2.05, 4.69) is 5.32 Å². The predicted molar refractivity (Wildman–Crippen MR) is 206 cm³/mol. The van der Waals surface area contributed by atoms with Crippen molar-refractivity contribution < 1.29 is 43.6 Å². The number of aliphatic imine (C=N–C) groups is 1. The molecule has 2 aromatic carbocycles. The molecule has 4 N–H and O–H groups in total. The maximum atomic E-state index is 15.6. The Morgan fingerprint density at radius 3 is 2.56 bits per heavy atom. The third-order valence-corrected chi connectivity index (χ3v) is 12.9.